The van der Waals surface area contributed by atoms with Gasteiger partial charge in [-0.25, -0.2) is 9.50 Å². The van der Waals surface area contributed by atoms with E-state index in [1.54, 1.807) is 10.7 Å². The molecular formula is C19H25N5O. The van der Waals surface area contributed by atoms with Crippen LogP contribution in [0.4, 0.5) is 0 Å². The Morgan fingerprint density at radius 3 is 2.84 bits per heavy atom. The minimum atomic E-state index is 0.230. The van der Waals surface area contributed by atoms with Crippen molar-refractivity contribution < 1.29 is 4.79 Å². The average molecular weight is 339 g/mol. The lowest BCUT2D eigenvalue weighted by Crippen LogP contribution is -2.39. The van der Waals surface area contributed by atoms with Crippen LogP contribution in [0, 0.1) is 25.2 Å². The highest BCUT2D eigenvalue weighted by Gasteiger charge is 2.32. The largest absolute Gasteiger partial charge is 0.337 e. The number of amides is 1. The second-order valence-electron chi connectivity index (χ2n) is 6.96. The van der Waals surface area contributed by atoms with Crippen LogP contribution in [-0.4, -0.2) is 37.5 Å². The van der Waals surface area contributed by atoms with Crippen LogP contribution in [0.15, 0.2) is 6.20 Å². The van der Waals surface area contributed by atoms with Crippen molar-refractivity contribution in [3.05, 3.63) is 28.7 Å². The van der Waals surface area contributed by atoms with E-state index >= 15 is 0 Å². The number of aromatic nitrogens is 3. The summed E-state index contributed by atoms with van der Waals surface area (Å²) in [6.07, 6.45) is 5.91. The zero-order chi connectivity index (χ0) is 18.1. The fourth-order valence-corrected chi connectivity index (χ4v) is 4.03. The minimum Gasteiger partial charge on any atom is -0.337 e. The van der Waals surface area contributed by atoms with E-state index in [4.69, 9.17) is 5.26 Å². The van der Waals surface area contributed by atoms with Gasteiger partial charge in [-0.1, -0.05) is 6.92 Å². The van der Waals surface area contributed by atoms with Gasteiger partial charge in [-0.05, 0) is 52.0 Å². The van der Waals surface area contributed by atoms with Gasteiger partial charge in [-0.2, -0.15) is 10.4 Å². The highest BCUT2D eigenvalue weighted by Crippen LogP contribution is 2.27. The molecule has 0 bridgehead atoms. The Morgan fingerprint density at radius 1 is 1.40 bits per heavy atom. The molecule has 1 aliphatic rings. The van der Waals surface area contributed by atoms with E-state index in [0.29, 0.717) is 36.1 Å². The molecule has 1 saturated heterocycles. The van der Waals surface area contributed by atoms with Gasteiger partial charge < -0.3 is 4.90 Å². The zero-order valence-corrected chi connectivity index (χ0v) is 15.4. The molecule has 1 amide bonds. The molecular weight excluding hydrogens is 314 g/mol. The van der Waals surface area contributed by atoms with Crippen LogP contribution < -0.4 is 0 Å². The van der Waals surface area contributed by atoms with Crippen LogP contribution in [0.5, 0.6) is 0 Å². The van der Waals surface area contributed by atoms with E-state index in [-0.39, 0.29) is 5.91 Å². The Labute approximate surface area is 148 Å². The molecule has 0 aliphatic carbocycles. The Hall–Kier alpha value is -2.42. The Morgan fingerprint density at radius 2 is 2.16 bits per heavy atom. The number of aryl methyl sites for hydroxylation is 2. The van der Waals surface area contributed by atoms with Crippen LogP contribution in [-0.2, 0) is 11.2 Å². The van der Waals surface area contributed by atoms with Crippen LogP contribution in [0.25, 0.3) is 5.65 Å². The Bertz CT molecular complexity index is 848. The number of fused-ring (bicyclic) bond motifs is 1. The van der Waals surface area contributed by atoms with Crippen LogP contribution >= 0.6 is 0 Å². The molecule has 0 aromatic carbocycles. The molecule has 1 aliphatic heterocycles. The number of carbonyl (C=O) groups excluding carboxylic acids is 1. The molecule has 2 atom stereocenters. The second kappa shape index (κ2) is 6.83. The molecule has 0 unspecified atom stereocenters. The number of hydrogen-bond acceptors (Lipinski definition) is 4. The average Bonchev–Trinajstić information content (AvgIpc) is 3.17. The molecule has 3 heterocycles. The molecule has 0 spiro atoms. The summed E-state index contributed by atoms with van der Waals surface area (Å²) in [5.41, 5.74) is 3.94. The first kappa shape index (κ1) is 17.4. The number of nitrogens with zero attached hydrogens (tertiary/aromatic N) is 5. The molecule has 25 heavy (non-hydrogen) atoms. The minimum absolute atomic E-state index is 0.230. The van der Waals surface area contributed by atoms with E-state index in [9.17, 15) is 4.79 Å². The third-order valence-electron chi connectivity index (χ3n) is 5.46. The molecule has 0 N–H and O–H groups in total. The molecule has 0 radical (unpaired) electrons. The van der Waals surface area contributed by atoms with Gasteiger partial charge in [0.05, 0.1) is 6.20 Å². The fraction of sp³-hybridized carbons (Fsp3) is 0.579. The summed E-state index contributed by atoms with van der Waals surface area (Å²) < 4.78 is 1.71. The highest BCUT2D eigenvalue weighted by molar-refractivity contribution is 5.77. The summed E-state index contributed by atoms with van der Waals surface area (Å²) in [6, 6.07) is 2.84. The highest BCUT2D eigenvalue weighted by atomic mass is 16.2. The molecule has 0 saturated carbocycles. The van der Waals surface area contributed by atoms with Crippen molar-refractivity contribution in [3.8, 4) is 6.07 Å². The van der Waals surface area contributed by atoms with Crippen molar-refractivity contribution in [2.45, 2.75) is 71.9 Å². The van der Waals surface area contributed by atoms with Crippen LogP contribution in [0.3, 0.4) is 0 Å². The first-order valence-corrected chi connectivity index (χ1v) is 9.03. The maximum atomic E-state index is 12.8. The molecule has 6 heteroatoms. The maximum Gasteiger partial charge on any atom is 0.223 e. The standard InChI is InChI=1S/C19H25N5O/c1-5-16-7-6-12(2)23(16)18(25)9-8-17-13(3)22-19-15(10-20)11-21-24(19)14(17)4/h11-12,16H,5-9H2,1-4H3/t12-,16+/m0/s1. The molecule has 3 rings (SSSR count). The lowest BCUT2D eigenvalue weighted by Gasteiger charge is -2.28. The number of likely N-dealkylation sites (tertiary alicyclic amines) is 1. The predicted molar refractivity (Wildman–Crippen MR) is 95.1 cm³/mol. The monoisotopic (exact) mass is 339 g/mol. The quantitative estimate of drug-likeness (QED) is 0.858. The van der Waals surface area contributed by atoms with Crippen molar-refractivity contribution in [2.24, 2.45) is 0 Å². The Kier molecular flexibility index (Phi) is 4.76. The van der Waals surface area contributed by atoms with Gasteiger partial charge >= 0.3 is 0 Å². The van der Waals surface area contributed by atoms with Crippen molar-refractivity contribution in [3.63, 3.8) is 0 Å². The van der Waals surface area contributed by atoms with Gasteiger partial charge in [-0.3, -0.25) is 4.79 Å². The summed E-state index contributed by atoms with van der Waals surface area (Å²) in [5.74, 6) is 0.230. The molecule has 2 aromatic rings. The summed E-state index contributed by atoms with van der Waals surface area (Å²) in [6.45, 7) is 8.21. The number of hydrogen-bond donors (Lipinski definition) is 0. The molecule has 6 nitrogen and oxygen atoms in total. The summed E-state index contributed by atoms with van der Waals surface area (Å²) in [4.78, 5) is 19.4. The normalized spacial score (nSPS) is 20.2. The van der Waals surface area contributed by atoms with Crippen molar-refractivity contribution >= 4 is 11.6 Å². The zero-order valence-electron chi connectivity index (χ0n) is 15.4. The van der Waals surface area contributed by atoms with Gasteiger partial charge in [0, 0.05) is 29.9 Å². The third kappa shape index (κ3) is 2.99. The summed E-state index contributed by atoms with van der Waals surface area (Å²) >= 11 is 0. The van der Waals surface area contributed by atoms with Gasteiger partial charge in [0.1, 0.15) is 11.6 Å². The summed E-state index contributed by atoms with van der Waals surface area (Å²) in [5, 5.41) is 13.4. The first-order valence-electron chi connectivity index (χ1n) is 9.03. The van der Waals surface area contributed by atoms with Crippen LogP contribution in [0.2, 0.25) is 0 Å². The topological polar surface area (TPSA) is 74.3 Å². The first-order chi connectivity index (χ1) is 12.0. The van der Waals surface area contributed by atoms with E-state index in [2.05, 4.69) is 34.9 Å². The van der Waals surface area contributed by atoms with Crippen molar-refractivity contribution in [1.29, 1.82) is 5.26 Å². The van der Waals surface area contributed by atoms with Crippen LogP contribution in [0.1, 0.15) is 62.0 Å². The number of rotatable bonds is 4. The van der Waals surface area contributed by atoms with Crippen molar-refractivity contribution in [1.82, 2.24) is 19.5 Å². The van der Waals surface area contributed by atoms with E-state index in [0.717, 1.165) is 36.2 Å². The summed E-state index contributed by atoms with van der Waals surface area (Å²) in [7, 11) is 0. The van der Waals surface area contributed by atoms with E-state index < -0.39 is 0 Å². The maximum absolute atomic E-state index is 12.8. The lowest BCUT2D eigenvalue weighted by atomic mass is 10.1. The number of nitriles is 1. The van der Waals surface area contributed by atoms with E-state index in [1.807, 2.05) is 13.8 Å². The van der Waals surface area contributed by atoms with E-state index in [1.165, 1.54) is 0 Å². The van der Waals surface area contributed by atoms with Gasteiger partial charge in [0.2, 0.25) is 5.91 Å². The lowest BCUT2D eigenvalue weighted by molar-refractivity contribution is -0.133. The molecule has 132 valence electrons. The SMILES string of the molecule is CC[C@@H]1CC[C@H](C)N1C(=O)CCc1c(C)nc2c(C#N)cnn2c1C. The van der Waals surface area contributed by atoms with Gasteiger partial charge in [-0.15, -0.1) is 0 Å². The van der Waals surface area contributed by atoms with Gasteiger partial charge in [0.25, 0.3) is 0 Å². The smallest absolute Gasteiger partial charge is 0.223 e. The fourth-order valence-electron chi connectivity index (χ4n) is 4.03. The predicted octanol–water partition coefficient (Wildman–Crippen LogP) is 2.94. The van der Waals surface area contributed by atoms with Crippen molar-refractivity contribution in [2.75, 3.05) is 0 Å². The second-order valence-corrected chi connectivity index (χ2v) is 6.96. The third-order valence-corrected chi connectivity index (χ3v) is 5.46. The molecule has 2 aromatic heterocycles. The number of carbonyl (C=O) groups is 1. The Balaban J connectivity index is 1.82. The van der Waals surface area contributed by atoms with Gasteiger partial charge in [0.15, 0.2) is 5.65 Å². The molecule has 1 fully saturated rings.